The van der Waals surface area contributed by atoms with Gasteiger partial charge in [-0.1, -0.05) is 24.3 Å². The molecule has 3 unspecified atom stereocenters. The van der Waals surface area contributed by atoms with E-state index in [2.05, 4.69) is 9.50 Å². The molecule has 2 heterocycles. The van der Waals surface area contributed by atoms with Gasteiger partial charge in [-0.2, -0.15) is 8.42 Å². The molecule has 31 heavy (non-hydrogen) atoms. The zero-order valence-corrected chi connectivity index (χ0v) is 18.1. The Labute approximate surface area is 180 Å². The highest BCUT2D eigenvalue weighted by Gasteiger charge is 2.41. The number of carbonyl (C=O) groups excluding carboxylic acids is 2. The molecule has 1 aliphatic carbocycles. The fraction of sp³-hybridized carbons (Fsp3) is 0.429. The average molecular weight is 448 g/mol. The summed E-state index contributed by atoms with van der Waals surface area (Å²) >= 11 is 0. The van der Waals surface area contributed by atoms with Gasteiger partial charge in [0.05, 0.1) is 13.7 Å². The molecule has 1 aromatic rings. The Morgan fingerprint density at radius 2 is 1.94 bits per heavy atom. The molecule has 0 saturated carbocycles. The Hall–Kier alpha value is -2.37. The molecule has 2 saturated heterocycles. The molecule has 0 bridgehead atoms. The maximum atomic E-state index is 12.9. The third kappa shape index (κ3) is 4.21. The summed E-state index contributed by atoms with van der Waals surface area (Å²) in [6.07, 6.45) is 1.90. The molecule has 166 valence electrons. The van der Waals surface area contributed by atoms with E-state index in [1.54, 1.807) is 17.9 Å². The number of ether oxygens (including phenoxy) is 2. The SMILES string of the molecule is COS(=O)(=O)C1C=CC(C)=C(C2CNC(c3ccc(N4CCOCC4=O)cc3)O2)C1=O. The highest BCUT2D eigenvalue weighted by Crippen LogP contribution is 2.32. The van der Waals surface area contributed by atoms with Gasteiger partial charge in [0.1, 0.15) is 18.9 Å². The molecule has 0 radical (unpaired) electrons. The molecule has 3 atom stereocenters. The summed E-state index contributed by atoms with van der Waals surface area (Å²) in [6.45, 7) is 3.20. The lowest BCUT2D eigenvalue weighted by Crippen LogP contribution is -2.41. The fourth-order valence-electron chi connectivity index (χ4n) is 3.96. The van der Waals surface area contributed by atoms with Crippen LogP contribution in [0, 0.1) is 0 Å². The van der Waals surface area contributed by atoms with Crippen LogP contribution in [0.25, 0.3) is 0 Å². The number of ketones is 1. The van der Waals surface area contributed by atoms with Crippen molar-refractivity contribution in [2.75, 3.05) is 38.3 Å². The van der Waals surface area contributed by atoms with Gasteiger partial charge >= 0.3 is 0 Å². The molecule has 9 nitrogen and oxygen atoms in total. The van der Waals surface area contributed by atoms with Gasteiger partial charge in [-0.15, -0.1) is 0 Å². The van der Waals surface area contributed by atoms with Crippen molar-refractivity contribution in [1.82, 2.24) is 5.32 Å². The van der Waals surface area contributed by atoms with E-state index in [1.807, 2.05) is 24.3 Å². The Morgan fingerprint density at radius 3 is 2.61 bits per heavy atom. The summed E-state index contributed by atoms with van der Waals surface area (Å²) in [5.41, 5.74) is 2.62. The number of rotatable bonds is 5. The molecule has 1 N–H and O–H groups in total. The molecule has 4 rings (SSSR count). The van der Waals surface area contributed by atoms with Gasteiger partial charge in [0.25, 0.3) is 16.0 Å². The Bertz CT molecular complexity index is 1050. The quantitative estimate of drug-likeness (QED) is 0.660. The molecular formula is C21H24N2O7S. The van der Waals surface area contributed by atoms with Crippen LogP contribution in [0.5, 0.6) is 0 Å². The van der Waals surface area contributed by atoms with Crippen molar-refractivity contribution in [1.29, 1.82) is 0 Å². The predicted octanol–water partition coefficient (Wildman–Crippen LogP) is 0.837. The predicted molar refractivity (Wildman–Crippen MR) is 112 cm³/mol. The van der Waals surface area contributed by atoms with E-state index in [1.165, 1.54) is 6.08 Å². The maximum Gasteiger partial charge on any atom is 0.281 e. The van der Waals surface area contributed by atoms with Crippen LogP contribution in [-0.4, -0.2) is 64.9 Å². The zero-order chi connectivity index (χ0) is 22.2. The molecular weight excluding hydrogens is 424 g/mol. The van der Waals surface area contributed by atoms with Crippen molar-refractivity contribution in [3.05, 3.63) is 53.1 Å². The molecule has 2 aliphatic heterocycles. The summed E-state index contributed by atoms with van der Waals surface area (Å²) in [6, 6.07) is 7.41. The van der Waals surface area contributed by atoms with Crippen LogP contribution in [0.4, 0.5) is 5.69 Å². The number of morpholine rings is 1. The number of nitrogens with one attached hydrogen (secondary N) is 1. The van der Waals surface area contributed by atoms with Gasteiger partial charge in [0, 0.05) is 24.4 Å². The summed E-state index contributed by atoms with van der Waals surface area (Å²) in [4.78, 5) is 26.6. The van der Waals surface area contributed by atoms with Crippen molar-refractivity contribution in [2.24, 2.45) is 0 Å². The van der Waals surface area contributed by atoms with Crippen molar-refractivity contribution in [2.45, 2.75) is 24.5 Å². The van der Waals surface area contributed by atoms with Crippen molar-refractivity contribution in [3.63, 3.8) is 0 Å². The lowest BCUT2D eigenvalue weighted by molar-refractivity contribution is -0.125. The molecule has 0 spiro atoms. The van der Waals surface area contributed by atoms with Crippen LogP contribution in [-0.2, 0) is 33.4 Å². The summed E-state index contributed by atoms with van der Waals surface area (Å²) in [5.74, 6) is -0.614. The van der Waals surface area contributed by atoms with Crippen LogP contribution in [0.15, 0.2) is 47.6 Å². The van der Waals surface area contributed by atoms with E-state index >= 15 is 0 Å². The van der Waals surface area contributed by atoms with Crippen LogP contribution in [0.3, 0.4) is 0 Å². The molecule has 1 aromatic carbocycles. The van der Waals surface area contributed by atoms with Crippen LogP contribution in [0.1, 0.15) is 18.7 Å². The molecule has 10 heteroatoms. The van der Waals surface area contributed by atoms with E-state index in [0.717, 1.165) is 18.4 Å². The Morgan fingerprint density at radius 1 is 1.19 bits per heavy atom. The number of hydrogen-bond donors (Lipinski definition) is 1. The van der Waals surface area contributed by atoms with Gasteiger partial charge in [-0.05, 0) is 30.2 Å². The number of hydrogen-bond acceptors (Lipinski definition) is 8. The van der Waals surface area contributed by atoms with Gasteiger partial charge in [-0.3, -0.25) is 19.1 Å². The first-order valence-corrected chi connectivity index (χ1v) is 11.4. The number of Topliss-reactive ketones (excluding diaryl/α,β-unsaturated/α-hetero) is 1. The number of carbonyl (C=O) groups is 2. The molecule has 1 amide bonds. The third-order valence-electron chi connectivity index (χ3n) is 5.62. The summed E-state index contributed by atoms with van der Waals surface area (Å²) < 4.78 is 40.0. The minimum atomic E-state index is -4.03. The van der Waals surface area contributed by atoms with E-state index in [4.69, 9.17) is 9.47 Å². The monoisotopic (exact) mass is 448 g/mol. The number of allylic oxidation sites excluding steroid dienone is 2. The topological polar surface area (TPSA) is 111 Å². The van der Waals surface area contributed by atoms with E-state index in [9.17, 15) is 18.0 Å². The first-order valence-electron chi connectivity index (χ1n) is 9.91. The van der Waals surface area contributed by atoms with Crippen molar-refractivity contribution < 1.29 is 31.7 Å². The average Bonchev–Trinajstić information content (AvgIpc) is 3.24. The van der Waals surface area contributed by atoms with Crippen molar-refractivity contribution >= 4 is 27.5 Å². The van der Waals surface area contributed by atoms with Gasteiger partial charge in [0.15, 0.2) is 11.0 Å². The molecule has 3 aliphatic rings. The summed E-state index contributed by atoms with van der Waals surface area (Å²) in [5, 5.41) is 1.85. The number of benzene rings is 1. The highest BCUT2D eigenvalue weighted by molar-refractivity contribution is 7.88. The third-order valence-corrected chi connectivity index (χ3v) is 7.08. The van der Waals surface area contributed by atoms with Crippen LogP contribution >= 0.6 is 0 Å². The normalized spacial score (nSPS) is 27.3. The molecule has 0 aromatic heterocycles. The second-order valence-corrected chi connectivity index (χ2v) is 9.33. The number of amides is 1. The Kier molecular flexibility index (Phi) is 6.09. The lowest BCUT2D eigenvalue weighted by atomic mass is 9.92. The minimum Gasteiger partial charge on any atom is -0.370 e. The fourth-order valence-corrected chi connectivity index (χ4v) is 4.83. The standard InChI is InChI=1S/C21H24N2O7S/c1-13-3-8-17(31(26,27)28-2)20(25)19(13)16-11-22-21(30-16)14-4-6-15(7-5-14)23-9-10-29-12-18(23)24/h3-8,16-17,21-22H,9-12H2,1-2H3. The Balaban J connectivity index is 1.48. The van der Waals surface area contributed by atoms with E-state index in [-0.39, 0.29) is 12.5 Å². The van der Waals surface area contributed by atoms with Crippen LogP contribution < -0.4 is 10.2 Å². The van der Waals surface area contributed by atoms with E-state index < -0.39 is 33.5 Å². The van der Waals surface area contributed by atoms with Crippen LogP contribution in [0.2, 0.25) is 0 Å². The second-order valence-electron chi connectivity index (χ2n) is 7.50. The lowest BCUT2D eigenvalue weighted by Gasteiger charge is -2.27. The molecule has 2 fully saturated rings. The summed E-state index contributed by atoms with van der Waals surface area (Å²) in [7, 11) is -2.99. The second kappa shape index (κ2) is 8.64. The first kappa shape index (κ1) is 21.8. The van der Waals surface area contributed by atoms with Gasteiger partial charge in [0.2, 0.25) is 0 Å². The highest BCUT2D eigenvalue weighted by atomic mass is 32.2. The van der Waals surface area contributed by atoms with E-state index in [0.29, 0.717) is 30.8 Å². The van der Waals surface area contributed by atoms with Gasteiger partial charge in [-0.25, -0.2) is 0 Å². The van der Waals surface area contributed by atoms with Crippen molar-refractivity contribution in [3.8, 4) is 0 Å². The smallest absolute Gasteiger partial charge is 0.281 e. The van der Waals surface area contributed by atoms with Gasteiger partial charge < -0.3 is 14.4 Å². The first-order chi connectivity index (χ1) is 14.8. The zero-order valence-electron chi connectivity index (χ0n) is 17.2. The minimum absolute atomic E-state index is 0.0768. The number of anilines is 1. The maximum absolute atomic E-state index is 12.9. The number of nitrogens with zero attached hydrogens (tertiary/aromatic N) is 1. The largest absolute Gasteiger partial charge is 0.370 e.